The molecule has 0 aliphatic heterocycles. The monoisotopic (exact) mass is 498 g/mol. The molecule has 12 nitrogen and oxygen atoms in total. The van der Waals surface area contributed by atoms with Crippen molar-refractivity contribution < 1.29 is 17.9 Å². The molecule has 35 heavy (non-hydrogen) atoms. The molecule has 0 spiro atoms. The Morgan fingerprint density at radius 2 is 1.97 bits per heavy atom. The third kappa shape index (κ3) is 4.68. The van der Waals surface area contributed by atoms with Crippen molar-refractivity contribution in [2.45, 2.75) is 38.0 Å². The summed E-state index contributed by atoms with van der Waals surface area (Å²) in [5.41, 5.74) is 2.09. The minimum Gasteiger partial charge on any atom is -0.462 e. The van der Waals surface area contributed by atoms with E-state index >= 15 is 0 Å². The fourth-order valence-electron chi connectivity index (χ4n) is 3.64. The fraction of sp³-hybridized carbons (Fsp3) is 0.409. The molecule has 0 amide bonds. The number of nitrogens with one attached hydrogen (secondary N) is 1. The van der Waals surface area contributed by atoms with E-state index in [0.717, 1.165) is 9.60 Å². The number of aromatic nitrogens is 7. The maximum Gasteiger partial charge on any atom is 0.297 e. The van der Waals surface area contributed by atoms with E-state index in [4.69, 9.17) is 9.47 Å². The molecule has 0 bridgehead atoms. The lowest BCUT2D eigenvalue weighted by Crippen LogP contribution is -2.17. The predicted molar refractivity (Wildman–Crippen MR) is 129 cm³/mol. The molecule has 13 heteroatoms. The topological polar surface area (TPSA) is 139 Å². The first-order chi connectivity index (χ1) is 16.9. The molecular weight excluding hydrogens is 472 g/mol. The number of imidazole rings is 1. The van der Waals surface area contributed by atoms with Gasteiger partial charge in [-0.15, -0.1) is 0 Å². The predicted octanol–water partition coefficient (Wildman–Crippen LogP) is 2.77. The van der Waals surface area contributed by atoms with Crippen LogP contribution in [0.1, 0.15) is 32.7 Å². The maximum atomic E-state index is 12.4. The van der Waals surface area contributed by atoms with Crippen molar-refractivity contribution in [3.63, 3.8) is 0 Å². The van der Waals surface area contributed by atoms with Crippen molar-refractivity contribution in [3.05, 3.63) is 36.9 Å². The zero-order valence-electron chi connectivity index (χ0n) is 19.6. The van der Waals surface area contributed by atoms with Gasteiger partial charge < -0.3 is 14.8 Å². The summed E-state index contributed by atoms with van der Waals surface area (Å²) in [6.45, 7) is 4.97. The number of hydrogen-bond donors (Lipinski definition) is 1. The van der Waals surface area contributed by atoms with Gasteiger partial charge in [0.1, 0.15) is 23.8 Å². The van der Waals surface area contributed by atoms with Crippen LogP contribution in [0.4, 0.5) is 11.6 Å². The van der Waals surface area contributed by atoms with E-state index in [2.05, 4.69) is 44.2 Å². The van der Waals surface area contributed by atoms with Gasteiger partial charge in [-0.25, -0.2) is 23.4 Å². The van der Waals surface area contributed by atoms with Gasteiger partial charge in [0.2, 0.25) is 0 Å². The molecule has 0 unspecified atom stereocenters. The smallest absolute Gasteiger partial charge is 0.297 e. The minimum absolute atomic E-state index is 0.113. The summed E-state index contributed by atoms with van der Waals surface area (Å²) >= 11 is 0. The lowest BCUT2D eigenvalue weighted by molar-refractivity contribution is 0.137. The summed E-state index contributed by atoms with van der Waals surface area (Å²) in [5, 5.41) is 6.85. The Hall–Kier alpha value is -3.58. The summed E-state index contributed by atoms with van der Waals surface area (Å²) in [4.78, 5) is 17.8. The standard InChI is InChI=1S/C22H26N8O4S/c1-14(2)30-18-10-20(24-12-17(18)26-22(30)34-9-8-33-3)27-19-6-7-23-21(28-19)15-11-25-29(13-15)35(31,32)16-4-5-16/h6-7,10-14,16H,4-5,8-9H2,1-3H3,(H,23,24,27,28). The number of anilines is 2. The quantitative estimate of drug-likeness (QED) is 0.325. The van der Waals surface area contributed by atoms with Crippen molar-refractivity contribution in [2.24, 2.45) is 0 Å². The summed E-state index contributed by atoms with van der Waals surface area (Å²) < 4.78 is 38.7. The normalized spacial score (nSPS) is 14.1. The zero-order valence-corrected chi connectivity index (χ0v) is 20.4. The SMILES string of the molecule is COCCOc1nc2cnc(Nc3ccnc(-c4cnn(S(=O)(=O)C5CC5)c4)n3)cc2n1C(C)C. The molecule has 1 aliphatic rings. The van der Waals surface area contributed by atoms with E-state index in [1.807, 2.05) is 10.6 Å². The Labute approximate surface area is 202 Å². The molecule has 1 aliphatic carbocycles. The molecule has 4 heterocycles. The van der Waals surface area contributed by atoms with Crippen LogP contribution >= 0.6 is 0 Å². The number of rotatable bonds is 10. The van der Waals surface area contributed by atoms with Gasteiger partial charge in [0.15, 0.2) is 5.82 Å². The minimum atomic E-state index is -3.45. The van der Waals surface area contributed by atoms with Crippen LogP contribution in [0.3, 0.4) is 0 Å². The van der Waals surface area contributed by atoms with Crippen LogP contribution in [0.2, 0.25) is 0 Å². The first-order valence-corrected chi connectivity index (χ1v) is 12.8. The van der Waals surface area contributed by atoms with Crippen LogP contribution in [0, 0.1) is 0 Å². The van der Waals surface area contributed by atoms with Crippen molar-refractivity contribution in [3.8, 4) is 17.4 Å². The van der Waals surface area contributed by atoms with Crippen LogP contribution in [-0.4, -0.2) is 67.7 Å². The summed E-state index contributed by atoms with van der Waals surface area (Å²) in [5.74, 6) is 1.43. The van der Waals surface area contributed by atoms with E-state index in [-0.39, 0.29) is 11.3 Å². The second-order valence-electron chi connectivity index (χ2n) is 8.49. The van der Waals surface area contributed by atoms with Gasteiger partial charge in [-0.2, -0.15) is 14.2 Å². The van der Waals surface area contributed by atoms with Crippen molar-refractivity contribution in [1.82, 2.24) is 33.7 Å². The number of nitrogens with zero attached hydrogens (tertiary/aromatic N) is 7. The number of pyridine rings is 1. The summed E-state index contributed by atoms with van der Waals surface area (Å²) in [6.07, 6.45) is 7.51. The molecule has 4 aromatic rings. The third-order valence-electron chi connectivity index (χ3n) is 5.51. The number of hydrogen-bond acceptors (Lipinski definition) is 10. The van der Waals surface area contributed by atoms with E-state index in [1.54, 1.807) is 25.6 Å². The molecule has 4 aromatic heterocycles. The molecular formula is C22H26N8O4S. The highest BCUT2D eigenvalue weighted by Gasteiger charge is 2.37. The Bertz CT molecular complexity index is 1460. The molecule has 0 radical (unpaired) electrons. The van der Waals surface area contributed by atoms with Crippen molar-refractivity contribution in [2.75, 3.05) is 25.6 Å². The first-order valence-electron chi connectivity index (χ1n) is 11.3. The van der Waals surface area contributed by atoms with E-state index in [0.29, 0.717) is 60.6 Å². The van der Waals surface area contributed by atoms with Gasteiger partial charge in [-0.05, 0) is 32.8 Å². The van der Waals surface area contributed by atoms with Gasteiger partial charge in [0, 0.05) is 25.4 Å². The lowest BCUT2D eigenvalue weighted by Gasteiger charge is -2.13. The molecule has 1 N–H and O–H groups in total. The van der Waals surface area contributed by atoms with E-state index < -0.39 is 10.0 Å². The van der Waals surface area contributed by atoms with Crippen LogP contribution in [0.5, 0.6) is 6.01 Å². The molecule has 184 valence electrons. The highest BCUT2D eigenvalue weighted by Crippen LogP contribution is 2.31. The van der Waals surface area contributed by atoms with Crippen LogP contribution in [0.15, 0.2) is 36.9 Å². The summed E-state index contributed by atoms with van der Waals surface area (Å²) in [7, 11) is -1.83. The van der Waals surface area contributed by atoms with Crippen molar-refractivity contribution in [1.29, 1.82) is 0 Å². The largest absolute Gasteiger partial charge is 0.462 e. The van der Waals surface area contributed by atoms with Gasteiger partial charge in [0.05, 0.1) is 41.5 Å². The van der Waals surface area contributed by atoms with Crippen LogP contribution in [0.25, 0.3) is 22.4 Å². The first kappa shape index (κ1) is 23.2. The van der Waals surface area contributed by atoms with Crippen LogP contribution < -0.4 is 10.1 Å². The Balaban J connectivity index is 1.40. The van der Waals surface area contributed by atoms with Gasteiger partial charge in [-0.1, -0.05) is 0 Å². The van der Waals surface area contributed by atoms with Crippen LogP contribution in [-0.2, 0) is 14.8 Å². The molecule has 0 atom stereocenters. The Morgan fingerprint density at radius 1 is 1.14 bits per heavy atom. The Kier molecular flexibility index (Phi) is 6.11. The second kappa shape index (κ2) is 9.23. The molecule has 5 rings (SSSR count). The average molecular weight is 499 g/mol. The number of methoxy groups -OCH3 is 1. The zero-order chi connectivity index (χ0) is 24.6. The highest BCUT2D eigenvalue weighted by molar-refractivity contribution is 7.90. The van der Waals surface area contributed by atoms with Gasteiger partial charge in [0.25, 0.3) is 16.0 Å². The third-order valence-corrected chi connectivity index (χ3v) is 7.55. The fourth-order valence-corrected chi connectivity index (χ4v) is 5.12. The highest BCUT2D eigenvalue weighted by atomic mass is 32.2. The van der Waals surface area contributed by atoms with Gasteiger partial charge in [-0.3, -0.25) is 4.57 Å². The van der Waals surface area contributed by atoms with Gasteiger partial charge >= 0.3 is 0 Å². The molecule has 0 saturated heterocycles. The Morgan fingerprint density at radius 3 is 2.71 bits per heavy atom. The van der Waals surface area contributed by atoms with E-state index in [9.17, 15) is 8.42 Å². The van der Waals surface area contributed by atoms with Crippen molar-refractivity contribution >= 4 is 32.7 Å². The maximum absolute atomic E-state index is 12.4. The second-order valence-corrected chi connectivity index (χ2v) is 10.6. The lowest BCUT2D eigenvalue weighted by atomic mass is 10.3. The van der Waals surface area contributed by atoms with E-state index in [1.165, 1.54) is 12.4 Å². The molecule has 1 fully saturated rings. The number of fused-ring (bicyclic) bond motifs is 1. The summed E-state index contributed by atoms with van der Waals surface area (Å²) in [6, 6.07) is 4.21. The molecule has 1 saturated carbocycles. The number of ether oxygens (including phenoxy) is 2. The molecule has 0 aromatic carbocycles. The average Bonchev–Trinajstić information content (AvgIpc) is 3.46.